The van der Waals surface area contributed by atoms with E-state index in [0.29, 0.717) is 20.7 Å². The zero-order chi connectivity index (χ0) is 30.6. The van der Waals surface area contributed by atoms with E-state index in [1.54, 1.807) is 0 Å². The van der Waals surface area contributed by atoms with Gasteiger partial charge in [0.2, 0.25) is 5.91 Å². The number of rotatable bonds is 14. The van der Waals surface area contributed by atoms with Crippen LogP contribution in [0.5, 0.6) is 5.75 Å². The zero-order valence-electron chi connectivity index (χ0n) is 21.3. The molecule has 0 unspecified atom stereocenters. The first-order chi connectivity index (χ1) is 19.3. The topological polar surface area (TPSA) is 217 Å². The number of amides is 5. The second-order valence-electron chi connectivity index (χ2n) is 8.21. The van der Waals surface area contributed by atoms with Gasteiger partial charge < -0.3 is 19.8 Å². The Morgan fingerprint density at radius 3 is 2.27 bits per heavy atom. The van der Waals surface area contributed by atoms with Gasteiger partial charge in [0, 0.05) is 49.4 Å². The summed E-state index contributed by atoms with van der Waals surface area (Å²) in [7, 11) is 0. The summed E-state index contributed by atoms with van der Waals surface area (Å²) in [6.07, 6.45) is -6.62. The fourth-order valence-electron chi connectivity index (χ4n) is 3.24. The average Bonchev–Trinajstić information content (AvgIpc) is 3.24. The molecule has 5 amide bonds. The molecule has 1 aromatic carbocycles. The number of hydrazine groups is 1. The third-order valence-electron chi connectivity index (χ3n) is 5.34. The molecule has 0 bridgehead atoms. The van der Waals surface area contributed by atoms with E-state index in [0.717, 1.165) is 0 Å². The molecule has 1 aliphatic heterocycles. The summed E-state index contributed by atoms with van der Waals surface area (Å²) in [4.78, 5) is 78.5. The number of benzene rings is 1. The number of hydroxylamine groups is 2. The average molecular weight is 586 g/mol. The molecule has 1 saturated heterocycles. The molecular formula is C22H25F3N8O8. The zero-order valence-corrected chi connectivity index (χ0v) is 21.3. The van der Waals surface area contributed by atoms with Crippen LogP contribution in [0.2, 0.25) is 0 Å². The molecule has 1 heterocycles. The van der Waals surface area contributed by atoms with Gasteiger partial charge in [-0.15, -0.1) is 5.06 Å². The summed E-state index contributed by atoms with van der Waals surface area (Å²) in [5.74, 6) is -0.420. The molecule has 0 aliphatic carbocycles. The number of carbonyl (C=O) groups is 6. The van der Waals surface area contributed by atoms with Gasteiger partial charge in [-0.2, -0.15) is 13.2 Å². The first-order valence-corrected chi connectivity index (χ1v) is 11.8. The molecule has 222 valence electrons. The summed E-state index contributed by atoms with van der Waals surface area (Å²) >= 11 is 0. The number of nitrogens with one attached hydrogen (secondary N) is 1. The lowest BCUT2D eigenvalue weighted by Crippen LogP contribution is -2.49. The van der Waals surface area contributed by atoms with Crippen molar-refractivity contribution < 1.29 is 51.5 Å². The van der Waals surface area contributed by atoms with E-state index in [-0.39, 0.29) is 31.7 Å². The number of carbonyl (C=O) groups excluding carboxylic acids is 6. The highest BCUT2D eigenvalue weighted by Crippen LogP contribution is 2.18. The molecular weight excluding hydrogens is 561 g/mol. The van der Waals surface area contributed by atoms with Crippen LogP contribution in [0.3, 0.4) is 0 Å². The molecule has 0 atom stereocenters. The molecule has 1 aliphatic rings. The lowest BCUT2D eigenvalue weighted by molar-refractivity contribution is -0.197. The standard InChI is InChI=1S/C22H25F3N8O8/c23-22(24,25)21(39)31(10-9-28-20(38)14-1-3-15(4-2-14)40-13-29-30-26)11-12-32(27)16(34)7-8-19(37)41-33-17(35)5-6-18(33)36/h1-4H,5-13,27H2,(H,28,38). The highest BCUT2D eigenvalue weighted by atomic mass is 19.4. The number of hydrogen-bond donors (Lipinski definition) is 2. The largest absolute Gasteiger partial charge is 0.488 e. The van der Waals surface area contributed by atoms with E-state index in [9.17, 15) is 41.9 Å². The normalized spacial score (nSPS) is 12.8. The summed E-state index contributed by atoms with van der Waals surface area (Å²) in [6.45, 7) is -2.44. The minimum atomic E-state index is -5.24. The number of nitrogens with two attached hydrogens (primary N) is 1. The summed E-state index contributed by atoms with van der Waals surface area (Å²) in [6, 6.07) is 5.51. The van der Waals surface area contributed by atoms with Crippen LogP contribution in [0.25, 0.3) is 10.4 Å². The van der Waals surface area contributed by atoms with Gasteiger partial charge >= 0.3 is 18.1 Å². The number of nitrogens with zero attached hydrogens (tertiary/aromatic N) is 6. The highest BCUT2D eigenvalue weighted by Gasteiger charge is 2.42. The van der Waals surface area contributed by atoms with Crippen molar-refractivity contribution in [3.63, 3.8) is 0 Å². The molecule has 0 saturated carbocycles. The van der Waals surface area contributed by atoms with Crippen LogP contribution < -0.4 is 15.9 Å². The van der Waals surface area contributed by atoms with Gasteiger partial charge in [0.05, 0.1) is 13.0 Å². The van der Waals surface area contributed by atoms with Crippen LogP contribution in [0.4, 0.5) is 13.2 Å². The maximum absolute atomic E-state index is 13.1. The molecule has 19 heteroatoms. The van der Waals surface area contributed by atoms with Gasteiger partial charge in [0.25, 0.3) is 17.7 Å². The number of halogens is 3. The predicted octanol–water partition coefficient (Wildman–Crippen LogP) is 0.544. The molecule has 0 aromatic heterocycles. The maximum atomic E-state index is 13.1. The van der Waals surface area contributed by atoms with Crippen molar-refractivity contribution in [3.8, 4) is 5.75 Å². The Bertz CT molecular complexity index is 1190. The number of ether oxygens (including phenoxy) is 1. The van der Waals surface area contributed by atoms with E-state index in [1.165, 1.54) is 24.3 Å². The maximum Gasteiger partial charge on any atom is 0.471 e. The van der Waals surface area contributed by atoms with Gasteiger partial charge in [-0.3, -0.25) is 29.0 Å². The van der Waals surface area contributed by atoms with E-state index in [2.05, 4.69) is 20.2 Å². The van der Waals surface area contributed by atoms with Gasteiger partial charge in [0.1, 0.15) is 5.75 Å². The van der Waals surface area contributed by atoms with Crippen molar-refractivity contribution in [2.75, 3.05) is 32.9 Å². The van der Waals surface area contributed by atoms with Gasteiger partial charge in [0.15, 0.2) is 6.73 Å². The van der Waals surface area contributed by atoms with E-state index in [4.69, 9.17) is 16.1 Å². The Balaban J connectivity index is 1.84. The van der Waals surface area contributed by atoms with Crippen molar-refractivity contribution in [2.45, 2.75) is 31.9 Å². The fraction of sp³-hybridized carbons (Fsp3) is 0.455. The number of imide groups is 1. The lowest BCUT2D eigenvalue weighted by Gasteiger charge is -2.26. The third kappa shape index (κ3) is 10.3. The van der Waals surface area contributed by atoms with Gasteiger partial charge in [-0.1, -0.05) is 5.11 Å². The SMILES string of the molecule is [N-]=[N+]=NCOc1ccc(C(=O)NCCN(CCN(N)C(=O)CCC(=O)ON2C(=O)CCC2=O)C(=O)C(F)(F)F)cc1. The van der Waals surface area contributed by atoms with Gasteiger partial charge in [-0.05, 0) is 29.8 Å². The Kier molecular flexibility index (Phi) is 11.9. The second-order valence-corrected chi connectivity index (χ2v) is 8.21. The summed E-state index contributed by atoms with van der Waals surface area (Å²) in [5, 5.41) is 6.34. The van der Waals surface area contributed by atoms with Crippen molar-refractivity contribution >= 4 is 35.5 Å². The van der Waals surface area contributed by atoms with Gasteiger partial charge in [-0.25, -0.2) is 10.6 Å². The van der Waals surface area contributed by atoms with Crippen molar-refractivity contribution in [2.24, 2.45) is 11.0 Å². The molecule has 3 N–H and O–H groups in total. The summed E-state index contributed by atoms with van der Waals surface area (Å²) < 4.78 is 44.3. The molecule has 16 nitrogen and oxygen atoms in total. The number of hydrogen-bond acceptors (Lipinski definition) is 10. The lowest BCUT2D eigenvalue weighted by atomic mass is 10.2. The van der Waals surface area contributed by atoms with Crippen LogP contribution in [-0.4, -0.2) is 89.6 Å². The number of azide groups is 1. The molecule has 0 spiro atoms. The van der Waals surface area contributed by atoms with Crippen molar-refractivity contribution in [1.82, 2.24) is 20.3 Å². The molecule has 1 fully saturated rings. The second kappa shape index (κ2) is 15.0. The predicted molar refractivity (Wildman–Crippen MR) is 128 cm³/mol. The van der Waals surface area contributed by atoms with Crippen molar-refractivity contribution in [1.29, 1.82) is 0 Å². The molecule has 2 rings (SSSR count). The highest BCUT2D eigenvalue weighted by molar-refractivity contribution is 6.01. The van der Waals surface area contributed by atoms with Crippen molar-refractivity contribution in [3.05, 3.63) is 40.3 Å². The Morgan fingerprint density at radius 1 is 1.05 bits per heavy atom. The summed E-state index contributed by atoms with van der Waals surface area (Å²) in [5.41, 5.74) is 8.35. The fourth-order valence-corrected chi connectivity index (χ4v) is 3.24. The van der Waals surface area contributed by atoms with Crippen LogP contribution in [0.15, 0.2) is 29.4 Å². The van der Waals surface area contributed by atoms with Crippen LogP contribution in [0.1, 0.15) is 36.0 Å². The van der Waals surface area contributed by atoms with Crippen LogP contribution >= 0.6 is 0 Å². The van der Waals surface area contributed by atoms with E-state index >= 15 is 0 Å². The van der Waals surface area contributed by atoms with E-state index < -0.39 is 74.2 Å². The third-order valence-corrected chi connectivity index (χ3v) is 5.34. The monoisotopic (exact) mass is 586 g/mol. The first kappa shape index (κ1) is 32.3. The number of alkyl halides is 3. The Labute approximate surface area is 229 Å². The Hall–Kier alpha value is -4.90. The Morgan fingerprint density at radius 2 is 1.68 bits per heavy atom. The van der Waals surface area contributed by atoms with Crippen LogP contribution in [0, 0.1) is 0 Å². The first-order valence-electron chi connectivity index (χ1n) is 11.8. The minimum Gasteiger partial charge on any atom is -0.488 e. The van der Waals surface area contributed by atoms with Crippen LogP contribution in [-0.2, 0) is 28.8 Å². The van der Waals surface area contributed by atoms with E-state index in [1.807, 2.05) is 0 Å². The smallest absolute Gasteiger partial charge is 0.471 e. The molecule has 1 aromatic rings. The quantitative estimate of drug-likeness (QED) is 0.0590. The molecule has 41 heavy (non-hydrogen) atoms. The molecule has 0 radical (unpaired) electrons. The minimum absolute atomic E-state index is 0.123.